The van der Waals surface area contributed by atoms with E-state index in [0.29, 0.717) is 27.4 Å². The van der Waals surface area contributed by atoms with Crippen molar-refractivity contribution in [3.63, 3.8) is 0 Å². The zero-order chi connectivity index (χ0) is 24.1. The van der Waals surface area contributed by atoms with Gasteiger partial charge in [0, 0.05) is 28.6 Å². The molecule has 4 rings (SSSR count). The molecule has 0 aliphatic rings. The normalized spacial score (nSPS) is 11.4. The topological polar surface area (TPSA) is 120 Å². The molecule has 1 heterocycles. The fourth-order valence-electron chi connectivity index (χ4n) is 3.07. The molecule has 0 aliphatic carbocycles. The lowest BCUT2D eigenvalue weighted by atomic mass is 10.2. The van der Waals surface area contributed by atoms with Gasteiger partial charge in [0.05, 0.1) is 16.4 Å². The van der Waals surface area contributed by atoms with Crippen LogP contribution in [0.4, 0.5) is 5.69 Å². The molecule has 0 unspecified atom stereocenters. The maximum absolute atomic E-state index is 12.7. The van der Waals surface area contributed by atoms with Gasteiger partial charge in [0.15, 0.2) is 11.0 Å². The first-order valence-electron chi connectivity index (χ1n) is 9.94. The minimum atomic E-state index is -3.82. The number of halogens is 1. The number of hydrogen-bond acceptors (Lipinski definition) is 7. The van der Waals surface area contributed by atoms with E-state index in [1.165, 1.54) is 48.2 Å². The van der Waals surface area contributed by atoms with Crippen LogP contribution in [0.15, 0.2) is 88.9 Å². The Bertz CT molecular complexity index is 1390. The van der Waals surface area contributed by atoms with Gasteiger partial charge in [-0.05, 0) is 42.0 Å². The highest BCUT2D eigenvalue weighted by Crippen LogP contribution is 2.26. The number of non-ortho nitro benzene ring substituents is 1. The van der Waals surface area contributed by atoms with Crippen LogP contribution in [0, 0.1) is 10.1 Å². The van der Waals surface area contributed by atoms with Crippen LogP contribution in [-0.4, -0.2) is 28.1 Å². The lowest BCUT2D eigenvalue weighted by Gasteiger charge is -2.11. The largest absolute Gasteiger partial charge is 0.273 e. The molecular formula is C22H18ClN5O4S2. The van der Waals surface area contributed by atoms with Crippen LogP contribution in [0.1, 0.15) is 11.4 Å². The molecule has 1 aromatic heterocycles. The van der Waals surface area contributed by atoms with Crippen LogP contribution in [0.5, 0.6) is 0 Å². The average Bonchev–Trinajstić information content (AvgIpc) is 3.25. The Morgan fingerprint density at radius 2 is 1.65 bits per heavy atom. The Balaban J connectivity index is 1.62. The third kappa shape index (κ3) is 5.62. The smallest absolute Gasteiger partial charge is 0.269 e. The second-order valence-electron chi connectivity index (χ2n) is 7.06. The number of nitro groups is 1. The summed E-state index contributed by atoms with van der Waals surface area (Å²) in [5, 5.41) is 20.4. The molecule has 0 spiro atoms. The molecule has 0 radical (unpaired) electrons. The van der Waals surface area contributed by atoms with Gasteiger partial charge in [-0.3, -0.25) is 14.7 Å². The second-order valence-corrected chi connectivity index (χ2v) is 10.2. The van der Waals surface area contributed by atoms with Gasteiger partial charge in [-0.2, -0.15) is 0 Å². The average molecular weight is 516 g/mol. The van der Waals surface area contributed by atoms with Crippen molar-refractivity contribution in [3.05, 3.63) is 105 Å². The standard InChI is InChI=1S/C22H18ClN5O4S2/c23-17-6-12-20(13-7-17)34(31,32)24-14-21-25-26-22(33-15-16-4-2-1-3-5-16)27(21)18-8-10-19(11-9-18)28(29)30/h1-13,24H,14-15H2. The lowest BCUT2D eigenvalue weighted by molar-refractivity contribution is -0.384. The third-order valence-electron chi connectivity index (χ3n) is 4.77. The van der Waals surface area contributed by atoms with E-state index in [0.717, 1.165) is 5.56 Å². The Morgan fingerprint density at radius 3 is 2.29 bits per heavy atom. The van der Waals surface area contributed by atoms with Crippen LogP contribution >= 0.6 is 23.4 Å². The summed E-state index contributed by atoms with van der Waals surface area (Å²) >= 11 is 7.27. The van der Waals surface area contributed by atoms with Crippen molar-refractivity contribution in [2.45, 2.75) is 22.3 Å². The number of nitrogens with zero attached hydrogens (tertiary/aromatic N) is 4. The first-order valence-corrected chi connectivity index (χ1v) is 12.8. The van der Waals surface area contributed by atoms with Gasteiger partial charge in [0.2, 0.25) is 10.0 Å². The van der Waals surface area contributed by atoms with E-state index in [-0.39, 0.29) is 17.1 Å². The molecule has 0 fully saturated rings. The van der Waals surface area contributed by atoms with Gasteiger partial charge in [-0.15, -0.1) is 10.2 Å². The zero-order valence-electron chi connectivity index (χ0n) is 17.5. The molecule has 174 valence electrons. The summed E-state index contributed by atoms with van der Waals surface area (Å²) in [5.41, 5.74) is 1.60. The predicted molar refractivity (Wildman–Crippen MR) is 129 cm³/mol. The SMILES string of the molecule is O=[N+]([O-])c1ccc(-n2c(CNS(=O)(=O)c3ccc(Cl)cc3)nnc2SCc2ccccc2)cc1. The fraction of sp³-hybridized carbons (Fsp3) is 0.0909. The van der Waals surface area contributed by atoms with Crippen molar-refractivity contribution in [2.75, 3.05) is 0 Å². The molecule has 0 aliphatic heterocycles. The fourth-order valence-corrected chi connectivity index (χ4v) is 5.10. The quantitative estimate of drug-likeness (QED) is 0.196. The molecule has 0 saturated heterocycles. The van der Waals surface area contributed by atoms with Crippen LogP contribution in [0.25, 0.3) is 5.69 Å². The minimum Gasteiger partial charge on any atom is -0.273 e. The summed E-state index contributed by atoms with van der Waals surface area (Å²) in [6.45, 7) is -0.138. The molecular weight excluding hydrogens is 498 g/mol. The Morgan fingerprint density at radius 1 is 0.971 bits per heavy atom. The highest BCUT2D eigenvalue weighted by molar-refractivity contribution is 7.98. The number of aromatic nitrogens is 3. The van der Waals surface area contributed by atoms with Gasteiger partial charge in [-0.25, -0.2) is 13.1 Å². The van der Waals surface area contributed by atoms with Crippen molar-refractivity contribution in [1.82, 2.24) is 19.5 Å². The molecule has 0 amide bonds. The molecule has 0 bridgehead atoms. The number of benzene rings is 3. The van der Waals surface area contributed by atoms with Gasteiger partial charge in [0.1, 0.15) is 0 Å². The number of thioether (sulfide) groups is 1. The van der Waals surface area contributed by atoms with Crippen LogP contribution in [0.3, 0.4) is 0 Å². The zero-order valence-corrected chi connectivity index (χ0v) is 19.9. The molecule has 12 heteroatoms. The monoisotopic (exact) mass is 515 g/mol. The van der Waals surface area contributed by atoms with Crippen LogP contribution < -0.4 is 4.72 Å². The molecule has 34 heavy (non-hydrogen) atoms. The van der Waals surface area contributed by atoms with Crippen molar-refractivity contribution >= 4 is 39.1 Å². The maximum atomic E-state index is 12.7. The number of nitrogens with one attached hydrogen (secondary N) is 1. The number of rotatable bonds is 9. The van der Waals surface area contributed by atoms with E-state index >= 15 is 0 Å². The first-order chi connectivity index (χ1) is 16.3. The predicted octanol–water partition coefficient (Wildman–Crippen LogP) is 4.60. The first kappa shape index (κ1) is 23.9. The van der Waals surface area contributed by atoms with E-state index in [4.69, 9.17) is 11.6 Å². The van der Waals surface area contributed by atoms with Crippen molar-refractivity contribution in [1.29, 1.82) is 0 Å². The van der Waals surface area contributed by atoms with E-state index < -0.39 is 14.9 Å². The van der Waals surface area contributed by atoms with Crippen molar-refractivity contribution in [2.24, 2.45) is 0 Å². The summed E-state index contributed by atoms with van der Waals surface area (Å²) in [5.74, 6) is 0.949. The summed E-state index contributed by atoms with van der Waals surface area (Å²) < 4.78 is 29.6. The lowest BCUT2D eigenvalue weighted by Crippen LogP contribution is -2.25. The summed E-state index contributed by atoms with van der Waals surface area (Å²) in [6, 6.07) is 21.5. The third-order valence-corrected chi connectivity index (χ3v) is 7.44. The highest BCUT2D eigenvalue weighted by Gasteiger charge is 2.19. The molecule has 1 N–H and O–H groups in total. The highest BCUT2D eigenvalue weighted by atomic mass is 35.5. The Hall–Kier alpha value is -3.25. The molecule has 3 aromatic carbocycles. The molecule has 4 aromatic rings. The van der Waals surface area contributed by atoms with Crippen molar-refractivity contribution in [3.8, 4) is 5.69 Å². The summed E-state index contributed by atoms with van der Waals surface area (Å²) in [7, 11) is -3.82. The van der Waals surface area contributed by atoms with E-state index in [9.17, 15) is 18.5 Å². The molecule has 9 nitrogen and oxygen atoms in total. The van der Waals surface area contributed by atoms with Crippen molar-refractivity contribution < 1.29 is 13.3 Å². The number of nitro benzene ring substituents is 1. The van der Waals surface area contributed by atoms with Gasteiger partial charge in [-0.1, -0.05) is 53.7 Å². The van der Waals surface area contributed by atoms with Crippen LogP contribution in [-0.2, 0) is 22.3 Å². The van der Waals surface area contributed by atoms with E-state index in [1.807, 2.05) is 30.3 Å². The number of hydrogen-bond donors (Lipinski definition) is 1. The van der Waals surface area contributed by atoms with E-state index in [2.05, 4.69) is 14.9 Å². The molecule has 0 saturated carbocycles. The summed E-state index contributed by atoms with van der Waals surface area (Å²) in [6.07, 6.45) is 0. The van der Waals surface area contributed by atoms with E-state index in [1.54, 1.807) is 16.7 Å². The Kier molecular flexibility index (Phi) is 7.27. The Labute approximate surface area is 205 Å². The van der Waals surface area contributed by atoms with Gasteiger partial charge < -0.3 is 0 Å². The molecule has 0 atom stereocenters. The van der Waals surface area contributed by atoms with Gasteiger partial charge in [0.25, 0.3) is 5.69 Å². The second kappa shape index (κ2) is 10.3. The summed E-state index contributed by atoms with van der Waals surface area (Å²) in [4.78, 5) is 10.6. The minimum absolute atomic E-state index is 0.0553. The van der Waals surface area contributed by atoms with Gasteiger partial charge >= 0.3 is 0 Å². The number of sulfonamides is 1. The van der Waals surface area contributed by atoms with Crippen LogP contribution in [0.2, 0.25) is 5.02 Å². The maximum Gasteiger partial charge on any atom is 0.269 e.